The van der Waals surface area contributed by atoms with Crippen LogP contribution in [0.1, 0.15) is 30.9 Å². The van der Waals surface area contributed by atoms with Gasteiger partial charge in [-0.15, -0.1) is 0 Å². The molecule has 1 aliphatic rings. The van der Waals surface area contributed by atoms with E-state index < -0.39 is 12.1 Å². The molecule has 1 aromatic rings. The second-order valence-corrected chi connectivity index (χ2v) is 5.54. The fourth-order valence-corrected chi connectivity index (χ4v) is 2.42. The van der Waals surface area contributed by atoms with Gasteiger partial charge in [0, 0.05) is 10.0 Å². The Kier molecular flexibility index (Phi) is 4.88. The topological polar surface area (TPSA) is 65.0 Å². The number of benzene rings is 1. The Hall–Kier alpha value is -1.27. The summed E-state index contributed by atoms with van der Waals surface area (Å²) in [5.41, 5.74) is 0.343. The fraction of sp³-hybridized carbons (Fsp3) is 0.500. The van der Waals surface area contributed by atoms with E-state index >= 15 is 0 Å². The molecule has 0 heterocycles. The second-order valence-electron chi connectivity index (χ2n) is 4.62. The van der Waals surface area contributed by atoms with E-state index in [0.29, 0.717) is 21.5 Å². The van der Waals surface area contributed by atoms with Crippen molar-refractivity contribution in [3.05, 3.63) is 22.2 Å². The SMILES string of the molecule is COC(=O)C(O)c1cc(Br)cc(OC)c1OC1CCC1. The van der Waals surface area contributed by atoms with Crippen LogP contribution in [0.5, 0.6) is 11.5 Å². The van der Waals surface area contributed by atoms with Crippen LogP contribution in [0.25, 0.3) is 0 Å². The number of hydrogen-bond acceptors (Lipinski definition) is 5. The predicted octanol–water partition coefficient (Wildman–Crippen LogP) is 2.60. The third kappa shape index (κ3) is 3.07. The van der Waals surface area contributed by atoms with Crippen molar-refractivity contribution in [2.24, 2.45) is 0 Å². The summed E-state index contributed by atoms with van der Waals surface area (Å²) in [6.07, 6.45) is 1.76. The van der Waals surface area contributed by atoms with E-state index in [9.17, 15) is 9.90 Å². The zero-order valence-corrected chi connectivity index (χ0v) is 13.0. The number of carbonyl (C=O) groups excluding carboxylic acids is 1. The number of aliphatic hydroxyl groups excluding tert-OH is 1. The molecule has 0 aromatic heterocycles. The van der Waals surface area contributed by atoms with E-state index in [4.69, 9.17) is 9.47 Å². The predicted molar refractivity (Wildman–Crippen MR) is 75.9 cm³/mol. The van der Waals surface area contributed by atoms with Crippen LogP contribution in [0.2, 0.25) is 0 Å². The van der Waals surface area contributed by atoms with Crippen molar-refractivity contribution < 1.29 is 24.1 Å². The summed E-state index contributed by atoms with van der Waals surface area (Å²) in [6, 6.07) is 3.37. The molecule has 2 rings (SSSR count). The monoisotopic (exact) mass is 344 g/mol. The lowest BCUT2D eigenvalue weighted by Gasteiger charge is -2.29. The maximum atomic E-state index is 11.6. The van der Waals surface area contributed by atoms with Gasteiger partial charge in [-0.1, -0.05) is 15.9 Å². The van der Waals surface area contributed by atoms with Crippen LogP contribution in [-0.4, -0.2) is 31.4 Å². The highest BCUT2D eigenvalue weighted by atomic mass is 79.9. The van der Waals surface area contributed by atoms with Crippen LogP contribution in [0.3, 0.4) is 0 Å². The molecule has 0 aliphatic heterocycles. The summed E-state index contributed by atoms with van der Waals surface area (Å²) in [6.45, 7) is 0. The first-order valence-electron chi connectivity index (χ1n) is 6.36. The maximum absolute atomic E-state index is 11.6. The van der Waals surface area contributed by atoms with E-state index in [1.807, 2.05) is 0 Å². The molecule has 0 radical (unpaired) electrons. The number of aliphatic hydroxyl groups is 1. The van der Waals surface area contributed by atoms with Gasteiger partial charge in [-0.2, -0.15) is 0 Å². The lowest BCUT2D eigenvalue weighted by atomic mass is 9.96. The molecule has 20 heavy (non-hydrogen) atoms. The molecule has 1 aliphatic carbocycles. The molecule has 5 nitrogen and oxygen atoms in total. The summed E-state index contributed by atoms with van der Waals surface area (Å²) in [7, 11) is 2.75. The van der Waals surface area contributed by atoms with Crippen molar-refractivity contribution in [2.45, 2.75) is 31.5 Å². The number of halogens is 1. The molecule has 1 unspecified atom stereocenters. The van der Waals surface area contributed by atoms with Gasteiger partial charge in [0.15, 0.2) is 17.6 Å². The van der Waals surface area contributed by atoms with Gasteiger partial charge in [0.25, 0.3) is 0 Å². The third-order valence-corrected chi connectivity index (χ3v) is 3.78. The molecule has 1 aromatic carbocycles. The highest BCUT2D eigenvalue weighted by Gasteiger charge is 2.28. The van der Waals surface area contributed by atoms with E-state index in [0.717, 1.165) is 19.3 Å². The number of esters is 1. The average molecular weight is 345 g/mol. The Bertz CT molecular complexity index is 499. The fourth-order valence-electron chi connectivity index (χ4n) is 1.96. The highest BCUT2D eigenvalue weighted by molar-refractivity contribution is 9.10. The molecule has 1 atom stereocenters. The molecule has 1 saturated carbocycles. The smallest absolute Gasteiger partial charge is 0.339 e. The first kappa shape index (κ1) is 15.1. The van der Waals surface area contributed by atoms with Gasteiger partial charge >= 0.3 is 5.97 Å². The molecule has 1 fully saturated rings. The Morgan fingerprint density at radius 1 is 1.40 bits per heavy atom. The molecule has 0 amide bonds. The maximum Gasteiger partial charge on any atom is 0.339 e. The van der Waals surface area contributed by atoms with Crippen molar-refractivity contribution in [1.82, 2.24) is 0 Å². The van der Waals surface area contributed by atoms with Gasteiger partial charge in [0.05, 0.1) is 20.3 Å². The van der Waals surface area contributed by atoms with Crippen molar-refractivity contribution in [1.29, 1.82) is 0 Å². The van der Waals surface area contributed by atoms with Crippen molar-refractivity contribution in [2.75, 3.05) is 14.2 Å². The zero-order chi connectivity index (χ0) is 14.7. The Morgan fingerprint density at radius 3 is 2.60 bits per heavy atom. The first-order chi connectivity index (χ1) is 9.56. The number of methoxy groups -OCH3 is 2. The molecule has 1 N–H and O–H groups in total. The second kappa shape index (κ2) is 6.45. The quantitative estimate of drug-likeness (QED) is 0.831. The molecule has 0 saturated heterocycles. The molecule has 0 bridgehead atoms. The minimum atomic E-state index is -1.40. The number of rotatable bonds is 5. The molecule has 110 valence electrons. The van der Waals surface area contributed by atoms with Gasteiger partial charge in [0.2, 0.25) is 0 Å². The summed E-state index contributed by atoms with van der Waals surface area (Å²) in [4.78, 5) is 11.6. The minimum Gasteiger partial charge on any atom is -0.493 e. The highest BCUT2D eigenvalue weighted by Crippen LogP contribution is 2.40. The minimum absolute atomic E-state index is 0.105. The van der Waals surface area contributed by atoms with Gasteiger partial charge in [0.1, 0.15) is 0 Å². The van der Waals surface area contributed by atoms with E-state index in [1.165, 1.54) is 14.2 Å². The summed E-state index contributed by atoms with van der Waals surface area (Å²) in [5.74, 6) is 0.145. The molecule has 6 heteroatoms. The third-order valence-electron chi connectivity index (χ3n) is 3.32. The average Bonchev–Trinajstić information content (AvgIpc) is 2.41. The lowest BCUT2D eigenvalue weighted by molar-refractivity contribution is -0.150. The van der Waals surface area contributed by atoms with Crippen LogP contribution in [0, 0.1) is 0 Å². The molecular formula is C14H17BrO5. The van der Waals surface area contributed by atoms with E-state index in [1.54, 1.807) is 12.1 Å². The van der Waals surface area contributed by atoms with Gasteiger partial charge in [-0.25, -0.2) is 4.79 Å². The van der Waals surface area contributed by atoms with Gasteiger partial charge in [-0.05, 0) is 31.4 Å². The van der Waals surface area contributed by atoms with Crippen LogP contribution in [0.4, 0.5) is 0 Å². The largest absolute Gasteiger partial charge is 0.493 e. The first-order valence-corrected chi connectivity index (χ1v) is 7.16. The number of ether oxygens (including phenoxy) is 3. The summed E-state index contributed by atoms with van der Waals surface area (Å²) >= 11 is 3.33. The van der Waals surface area contributed by atoms with Gasteiger partial charge in [-0.3, -0.25) is 0 Å². The van der Waals surface area contributed by atoms with Crippen LogP contribution in [0.15, 0.2) is 16.6 Å². The summed E-state index contributed by atoms with van der Waals surface area (Å²) < 4.78 is 16.4. The van der Waals surface area contributed by atoms with Crippen molar-refractivity contribution in [3.63, 3.8) is 0 Å². The van der Waals surface area contributed by atoms with Crippen molar-refractivity contribution in [3.8, 4) is 11.5 Å². The Labute approximate surface area is 126 Å². The van der Waals surface area contributed by atoms with Crippen LogP contribution < -0.4 is 9.47 Å². The zero-order valence-electron chi connectivity index (χ0n) is 11.4. The number of hydrogen-bond donors (Lipinski definition) is 1. The normalized spacial score (nSPS) is 16.2. The standard InChI is InChI=1S/C14H17BrO5/c1-18-11-7-8(15)6-10(12(16)14(17)19-2)13(11)20-9-4-3-5-9/h6-7,9,12,16H,3-5H2,1-2H3. The van der Waals surface area contributed by atoms with E-state index in [-0.39, 0.29) is 6.10 Å². The Balaban J connectivity index is 2.40. The molecular weight excluding hydrogens is 328 g/mol. The molecule has 0 spiro atoms. The Morgan fingerprint density at radius 2 is 2.10 bits per heavy atom. The lowest BCUT2D eigenvalue weighted by Crippen LogP contribution is -2.26. The van der Waals surface area contributed by atoms with E-state index in [2.05, 4.69) is 20.7 Å². The van der Waals surface area contributed by atoms with Gasteiger partial charge < -0.3 is 19.3 Å². The summed E-state index contributed by atoms with van der Waals surface area (Å²) in [5, 5.41) is 10.1. The van der Waals surface area contributed by atoms with Crippen LogP contribution in [-0.2, 0) is 9.53 Å². The number of carbonyl (C=O) groups is 1. The van der Waals surface area contributed by atoms with Crippen molar-refractivity contribution >= 4 is 21.9 Å². The van der Waals surface area contributed by atoms with Crippen LogP contribution >= 0.6 is 15.9 Å².